The molecule has 1 aromatic heterocycles. The molecule has 0 spiro atoms. The van der Waals surface area contributed by atoms with Gasteiger partial charge in [0.25, 0.3) is 0 Å². The second-order valence-electron chi connectivity index (χ2n) is 5.67. The van der Waals surface area contributed by atoms with Crippen molar-refractivity contribution in [1.29, 1.82) is 5.26 Å². The molecular formula is C21H19N3O3. The summed E-state index contributed by atoms with van der Waals surface area (Å²) in [5.74, 6) is 1.89. The Hall–Kier alpha value is -3.72. The molecule has 2 aromatic carbocycles. The van der Waals surface area contributed by atoms with Crippen LogP contribution in [-0.4, -0.2) is 26.3 Å². The van der Waals surface area contributed by atoms with Gasteiger partial charge in [0.05, 0.1) is 27.0 Å². The van der Waals surface area contributed by atoms with E-state index in [1.807, 2.05) is 42.5 Å². The molecule has 2 N–H and O–H groups in total. The zero-order chi connectivity index (χ0) is 19.4. The fourth-order valence-corrected chi connectivity index (χ4v) is 2.99. The standard InChI is InChI=1S/C21H19N3O3/c1-25-18-9-5-4-7-14(18)17-11-15(16(12-22)21(23)24-17)13-8-6-10-19(26-2)20(13)27-3/h4-11H,1-3H3,(H2,23,24). The van der Waals surface area contributed by atoms with Crippen molar-refractivity contribution in [1.82, 2.24) is 4.98 Å². The van der Waals surface area contributed by atoms with E-state index in [0.717, 1.165) is 5.56 Å². The van der Waals surface area contributed by atoms with Crippen molar-refractivity contribution in [2.75, 3.05) is 27.1 Å². The third-order valence-electron chi connectivity index (χ3n) is 4.24. The molecule has 0 aliphatic heterocycles. The Bertz CT molecular complexity index is 1030. The van der Waals surface area contributed by atoms with E-state index in [9.17, 15) is 5.26 Å². The Morgan fingerprint density at radius 3 is 2.19 bits per heavy atom. The number of nitrogens with zero attached hydrogens (tertiary/aromatic N) is 2. The minimum Gasteiger partial charge on any atom is -0.496 e. The van der Waals surface area contributed by atoms with Crippen LogP contribution in [0, 0.1) is 11.3 Å². The second-order valence-corrected chi connectivity index (χ2v) is 5.67. The van der Waals surface area contributed by atoms with Crippen LogP contribution in [0.25, 0.3) is 22.4 Å². The summed E-state index contributed by atoms with van der Waals surface area (Å²) >= 11 is 0. The van der Waals surface area contributed by atoms with E-state index in [-0.39, 0.29) is 11.4 Å². The van der Waals surface area contributed by atoms with Crippen molar-refractivity contribution >= 4 is 5.82 Å². The lowest BCUT2D eigenvalue weighted by atomic mass is 9.97. The van der Waals surface area contributed by atoms with E-state index < -0.39 is 0 Å². The Balaban J connectivity index is 2.32. The number of hydrogen-bond acceptors (Lipinski definition) is 6. The van der Waals surface area contributed by atoms with Crippen LogP contribution in [0.3, 0.4) is 0 Å². The van der Waals surface area contributed by atoms with Crippen molar-refractivity contribution in [3.63, 3.8) is 0 Å². The molecule has 3 aromatic rings. The van der Waals surface area contributed by atoms with Crippen LogP contribution in [0.1, 0.15) is 5.56 Å². The van der Waals surface area contributed by atoms with E-state index in [2.05, 4.69) is 11.1 Å². The Labute approximate surface area is 157 Å². The molecule has 0 unspecified atom stereocenters. The van der Waals surface area contributed by atoms with Crippen LogP contribution < -0.4 is 19.9 Å². The number of aromatic nitrogens is 1. The first-order chi connectivity index (χ1) is 13.1. The molecule has 0 atom stereocenters. The molecule has 6 nitrogen and oxygen atoms in total. The fraction of sp³-hybridized carbons (Fsp3) is 0.143. The van der Waals surface area contributed by atoms with E-state index in [4.69, 9.17) is 19.9 Å². The molecular weight excluding hydrogens is 342 g/mol. The van der Waals surface area contributed by atoms with Gasteiger partial charge in [0.15, 0.2) is 11.5 Å². The summed E-state index contributed by atoms with van der Waals surface area (Å²) in [5.41, 5.74) is 9.08. The number of nitrogens with two attached hydrogens (primary N) is 1. The minimum atomic E-state index is 0.140. The molecule has 27 heavy (non-hydrogen) atoms. The van der Waals surface area contributed by atoms with E-state index >= 15 is 0 Å². The van der Waals surface area contributed by atoms with Crippen molar-refractivity contribution in [3.8, 4) is 45.7 Å². The first-order valence-electron chi connectivity index (χ1n) is 8.20. The number of nitriles is 1. The minimum absolute atomic E-state index is 0.140. The van der Waals surface area contributed by atoms with Gasteiger partial charge in [-0.15, -0.1) is 0 Å². The SMILES string of the molecule is COc1ccccc1-c1cc(-c2cccc(OC)c2OC)c(C#N)c(N)n1. The molecule has 0 saturated heterocycles. The zero-order valence-corrected chi connectivity index (χ0v) is 15.3. The van der Waals surface area contributed by atoms with Gasteiger partial charge in [-0.3, -0.25) is 0 Å². The number of nitrogen functional groups attached to an aromatic ring is 1. The average Bonchev–Trinajstić information content (AvgIpc) is 2.72. The quantitative estimate of drug-likeness (QED) is 0.741. The maximum Gasteiger partial charge on any atom is 0.168 e. The predicted molar refractivity (Wildman–Crippen MR) is 104 cm³/mol. The first-order valence-corrected chi connectivity index (χ1v) is 8.20. The molecule has 136 valence electrons. The molecule has 6 heteroatoms. The van der Waals surface area contributed by atoms with Crippen LogP contribution in [0.4, 0.5) is 5.82 Å². The van der Waals surface area contributed by atoms with Gasteiger partial charge in [-0.05, 0) is 24.3 Å². The normalized spacial score (nSPS) is 10.1. The fourth-order valence-electron chi connectivity index (χ4n) is 2.99. The van der Waals surface area contributed by atoms with Crippen molar-refractivity contribution < 1.29 is 14.2 Å². The van der Waals surface area contributed by atoms with Crippen molar-refractivity contribution in [3.05, 3.63) is 54.1 Å². The summed E-state index contributed by atoms with van der Waals surface area (Å²) in [6, 6.07) is 16.9. The van der Waals surface area contributed by atoms with Gasteiger partial charge in [0.1, 0.15) is 23.2 Å². The van der Waals surface area contributed by atoms with Gasteiger partial charge in [0.2, 0.25) is 0 Å². The van der Waals surface area contributed by atoms with E-state index in [0.29, 0.717) is 34.1 Å². The molecule has 0 bridgehead atoms. The van der Waals surface area contributed by atoms with Crippen molar-refractivity contribution in [2.24, 2.45) is 0 Å². The highest BCUT2D eigenvalue weighted by molar-refractivity contribution is 5.85. The van der Waals surface area contributed by atoms with Gasteiger partial charge in [0, 0.05) is 16.7 Å². The molecule has 0 radical (unpaired) electrons. The van der Waals surface area contributed by atoms with Gasteiger partial charge >= 0.3 is 0 Å². The lowest BCUT2D eigenvalue weighted by Crippen LogP contribution is -2.02. The van der Waals surface area contributed by atoms with E-state index in [1.165, 1.54) is 0 Å². The second kappa shape index (κ2) is 7.67. The summed E-state index contributed by atoms with van der Waals surface area (Å²) in [6.07, 6.45) is 0. The summed E-state index contributed by atoms with van der Waals surface area (Å²) in [6.45, 7) is 0. The summed E-state index contributed by atoms with van der Waals surface area (Å²) in [4.78, 5) is 4.41. The number of benzene rings is 2. The third kappa shape index (κ3) is 3.23. The average molecular weight is 361 g/mol. The number of methoxy groups -OCH3 is 3. The lowest BCUT2D eigenvalue weighted by molar-refractivity contribution is 0.356. The van der Waals surface area contributed by atoms with Crippen LogP contribution >= 0.6 is 0 Å². The third-order valence-corrected chi connectivity index (χ3v) is 4.24. The molecule has 0 fully saturated rings. The maximum atomic E-state index is 9.65. The molecule has 0 amide bonds. The van der Waals surface area contributed by atoms with E-state index in [1.54, 1.807) is 27.4 Å². The number of para-hydroxylation sites is 2. The van der Waals surface area contributed by atoms with Crippen LogP contribution in [0.15, 0.2) is 48.5 Å². The maximum absolute atomic E-state index is 9.65. The number of hydrogen-bond donors (Lipinski definition) is 1. The lowest BCUT2D eigenvalue weighted by Gasteiger charge is -2.16. The highest BCUT2D eigenvalue weighted by Gasteiger charge is 2.19. The van der Waals surface area contributed by atoms with Gasteiger partial charge in [-0.2, -0.15) is 5.26 Å². The number of pyridine rings is 1. The Morgan fingerprint density at radius 2 is 1.52 bits per heavy atom. The summed E-state index contributed by atoms with van der Waals surface area (Å²) < 4.78 is 16.3. The molecule has 0 saturated carbocycles. The topological polar surface area (TPSA) is 90.4 Å². The van der Waals surface area contributed by atoms with Crippen LogP contribution in [0.2, 0.25) is 0 Å². The molecule has 1 heterocycles. The first kappa shape index (κ1) is 18.1. The monoisotopic (exact) mass is 361 g/mol. The van der Waals surface area contributed by atoms with Crippen molar-refractivity contribution in [2.45, 2.75) is 0 Å². The number of ether oxygens (including phenoxy) is 3. The van der Waals surface area contributed by atoms with Gasteiger partial charge in [-0.25, -0.2) is 4.98 Å². The van der Waals surface area contributed by atoms with Gasteiger partial charge < -0.3 is 19.9 Å². The number of rotatable bonds is 5. The summed E-state index contributed by atoms with van der Waals surface area (Å²) in [5, 5.41) is 9.65. The number of anilines is 1. The molecule has 3 rings (SSSR count). The smallest absolute Gasteiger partial charge is 0.168 e. The van der Waals surface area contributed by atoms with Crippen LogP contribution in [0.5, 0.6) is 17.2 Å². The Morgan fingerprint density at radius 1 is 0.852 bits per heavy atom. The predicted octanol–water partition coefficient (Wildman–Crippen LogP) is 3.90. The van der Waals surface area contributed by atoms with Gasteiger partial charge in [-0.1, -0.05) is 24.3 Å². The highest BCUT2D eigenvalue weighted by Crippen LogP contribution is 2.42. The molecule has 0 aliphatic rings. The van der Waals surface area contributed by atoms with Crippen LogP contribution in [-0.2, 0) is 0 Å². The highest BCUT2D eigenvalue weighted by atomic mass is 16.5. The molecule has 0 aliphatic carbocycles. The largest absolute Gasteiger partial charge is 0.496 e. The zero-order valence-electron chi connectivity index (χ0n) is 15.3. The Kier molecular flexibility index (Phi) is 5.13. The summed E-state index contributed by atoms with van der Waals surface area (Å²) in [7, 11) is 4.71.